The van der Waals surface area contributed by atoms with E-state index in [2.05, 4.69) is 18.7 Å². The van der Waals surface area contributed by atoms with Crippen molar-refractivity contribution in [2.24, 2.45) is 0 Å². The van der Waals surface area contributed by atoms with E-state index >= 15 is 0 Å². The Morgan fingerprint density at radius 3 is 2.37 bits per heavy atom. The molecule has 0 spiro atoms. The predicted molar refractivity (Wildman–Crippen MR) is 78.1 cm³/mol. The van der Waals surface area contributed by atoms with E-state index in [9.17, 15) is 10.1 Å². The Labute approximate surface area is 120 Å². The van der Waals surface area contributed by atoms with Gasteiger partial charge < -0.3 is 4.74 Å². The molecule has 1 rings (SSSR count). The first kappa shape index (κ1) is 17.7. The van der Waals surface area contributed by atoms with Crippen LogP contribution in [0.5, 0.6) is 5.75 Å². The van der Waals surface area contributed by atoms with Crippen molar-refractivity contribution < 1.29 is 9.66 Å². The lowest BCUT2D eigenvalue weighted by Gasteiger charge is -2.19. The quantitative estimate of drug-likeness (QED) is 0.571. The molecule has 0 N–H and O–H groups in total. The van der Waals surface area contributed by atoms with E-state index in [1.807, 2.05) is 6.92 Å². The smallest absolute Gasteiger partial charge is 0.270 e. The van der Waals surface area contributed by atoms with E-state index < -0.39 is 0 Å². The van der Waals surface area contributed by atoms with Gasteiger partial charge in [0.25, 0.3) is 5.69 Å². The maximum Gasteiger partial charge on any atom is 0.270 e. The molecule has 0 aliphatic rings. The molecule has 6 heteroatoms. The zero-order valence-corrected chi connectivity index (χ0v) is 12.4. The summed E-state index contributed by atoms with van der Waals surface area (Å²) in [4.78, 5) is 12.6. The van der Waals surface area contributed by atoms with Crippen molar-refractivity contribution in [3.63, 3.8) is 0 Å². The van der Waals surface area contributed by atoms with Crippen molar-refractivity contribution >= 4 is 18.1 Å². The molecule has 0 saturated carbocycles. The molecule has 5 nitrogen and oxygen atoms in total. The summed E-state index contributed by atoms with van der Waals surface area (Å²) >= 11 is 0. The van der Waals surface area contributed by atoms with Crippen LogP contribution in [0.2, 0.25) is 0 Å². The standard InChI is InChI=1S/C13H20N2O3.ClH/c1-4-14(5-2)10-11-9-12(15(16)17)7-8-13(11)18-6-3;/h7-9H,4-6,10H2,1-3H3;1H. The molecule has 0 unspecified atom stereocenters. The molecule has 0 radical (unpaired) electrons. The minimum atomic E-state index is -0.374. The molecule has 1 aromatic carbocycles. The van der Waals surface area contributed by atoms with Crippen LogP contribution >= 0.6 is 12.4 Å². The Hall–Kier alpha value is -1.33. The first-order valence-corrected chi connectivity index (χ1v) is 6.24. The average molecular weight is 289 g/mol. The summed E-state index contributed by atoms with van der Waals surface area (Å²) < 4.78 is 5.51. The van der Waals surface area contributed by atoms with Crippen LogP contribution in [0.1, 0.15) is 26.3 Å². The third-order valence-corrected chi connectivity index (χ3v) is 2.84. The Kier molecular flexibility index (Phi) is 8.11. The second-order valence-corrected chi connectivity index (χ2v) is 3.94. The molecule has 0 aromatic heterocycles. The van der Waals surface area contributed by atoms with Gasteiger partial charge in [-0.25, -0.2) is 0 Å². The number of nitro groups is 1. The lowest BCUT2D eigenvalue weighted by atomic mass is 10.1. The molecule has 0 heterocycles. The number of non-ortho nitro benzene ring substituents is 1. The first-order valence-electron chi connectivity index (χ1n) is 6.24. The molecule has 0 aliphatic carbocycles. The van der Waals surface area contributed by atoms with E-state index in [1.54, 1.807) is 12.1 Å². The van der Waals surface area contributed by atoms with Crippen LogP contribution in [0.25, 0.3) is 0 Å². The van der Waals surface area contributed by atoms with Crippen molar-refractivity contribution in [2.75, 3.05) is 19.7 Å². The summed E-state index contributed by atoms with van der Waals surface area (Å²) in [6.45, 7) is 9.09. The van der Waals surface area contributed by atoms with Crippen molar-refractivity contribution in [1.82, 2.24) is 4.90 Å². The molecular formula is C13H21ClN2O3. The number of halogens is 1. The molecule has 0 bridgehead atoms. The fraction of sp³-hybridized carbons (Fsp3) is 0.538. The maximum atomic E-state index is 10.8. The van der Waals surface area contributed by atoms with E-state index in [0.717, 1.165) is 24.4 Å². The first-order chi connectivity index (χ1) is 8.62. The van der Waals surface area contributed by atoms with Crippen molar-refractivity contribution in [3.8, 4) is 5.75 Å². The number of rotatable bonds is 7. The second kappa shape index (κ2) is 8.72. The van der Waals surface area contributed by atoms with E-state index in [1.165, 1.54) is 6.07 Å². The van der Waals surface area contributed by atoms with Gasteiger partial charge >= 0.3 is 0 Å². The van der Waals surface area contributed by atoms with Gasteiger partial charge in [0, 0.05) is 24.2 Å². The lowest BCUT2D eigenvalue weighted by Crippen LogP contribution is -2.22. The summed E-state index contributed by atoms with van der Waals surface area (Å²) in [6.07, 6.45) is 0. The highest BCUT2D eigenvalue weighted by molar-refractivity contribution is 5.85. The summed E-state index contributed by atoms with van der Waals surface area (Å²) in [7, 11) is 0. The number of hydrogen-bond acceptors (Lipinski definition) is 4. The molecule has 0 aliphatic heterocycles. The van der Waals surface area contributed by atoms with Gasteiger partial charge in [0.2, 0.25) is 0 Å². The molecule has 0 fully saturated rings. The van der Waals surface area contributed by atoms with Crippen LogP contribution in [0.3, 0.4) is 0 Å². The van der Waals surface area contributed by atoms with Crippen molar-refractivity contribution in [3.05, 3.63) is 33.9 Å². The van der Waals surface area contributed by atoms with Gasteiger partial charge in [0.05, 0.1) is 11.5 Å². The molecule has 108 valence electrons. The summed E-state index contributed by atoms with van der Waals surface area (Å²) in [5.74, 6) is 0.731. The second-order valence-electron chi connectivity index (χ2n) is 3.94. The minimum absolute atomic E-state index is 0. The lowest BCUT2D eigenvalue weighted by molar-refractivity contribution is -0.385. The van der Waals surface area contributed by atoms with Crippen LogP contribution in [0.4, 0.5) is 5.69 Å². The van der Waals surface area contributed by atoms with E-state index in [0.29, 0.717) is 13.2 Å². The number of benzene rings is 1. The minimum Gasteiger partial charge on any atom is -0.494 e. The Morgan fingerprint density at radius 1 is 1.26 bits per heavy atom. The monoisotopic (exact) mass is 288 g/mol. The normalized spacial score (nSPS) is 10.1. The fourth-order valence-corrected chi connectivity index (χ4v) is 1.79. The van der Waals surface area contributed by atoms with Crippen LogP contribution in [0, 0.1) is 10.1 Å². The zero-order chi connectivity index (χ0) is 13.5. The molecule has 0 saturated heterocycles. The average Bonchev–Trinajstić information content (AvgIpc) is 2.37. The number of ether oxygens (including phenoxy) is 1. The predicted octanol–water partition coefficient (Wildman–Crippen LogP) is 3.26. The third-order valence-electron chi connectivity index (χ3n) is 2.84. The van der Waals surface area contributed by atoms with Crippen LogP contribution in [-0.2, 0) is 6.54 Å². The summed E-state index contributed by atoms with van der Waals surface area (Å²) in [5.41, 5.74) is 0.982. The van der Waals surface area contributed by atoms with Gasteiger partial charge in [-0.3, -0.25) is 15.0 Å². The molecule has 0 atom stereocenters. The number of nitro benzene ring substituents is 1. The van der Waals surface area contributed by atoms with E-state index in [4.69, 9.17) is 4.74 Å². The molecule has 0 amide bonds. The zero-order valence-electron chi connectivity index (χ0n) is 11.6. The third kappa shape index (κ3) is 5.04. The Morgan fingerprint density at radius 2 is 1.89 bits per heavy atom. The highest BCUT2D eigenvalue weighted by Gasteiger charge is 2.13. The SMILES string of the molecule is CCOc1ccc([N+](=O)[O-])cc1CN(CC)CC.Cl. The van der Waals surface area contributed by atoms with Crippen LogP contribution < -0.4 is 4.74 Å². The van der Waals surface area contributed by atoms with Gasteiger partial charge in [0.15, 0.2) is 0 Å². The van der Waals surface area contributed by atoms with E-state index in [-0.39, 0.29) is 23.0 Å². The Balaban J connectivity index is 0.00000324. The Bertz CT molecular complexity index is 409. The number of nitrogens with zero attached hydrogens (tertiary/aromatic N) is 2. The highest BCUT2D eigenvalue weighted by atomic mass is 35.5. The van der Waals surface area contributed by atoms with Crippen LogP contribution in [0.15, 0.2) is 18.2 Å². The van der Waals surface area contributed by atoms with Crippen molar-refractivity contribution in [1.29, 1.82) is 0 Å². The van der Waals surface area contributed by atoms with Gasteiger partial charge in [-0.1, -0.05) is 13.8 Å². The molecule has 1 aromatic rings. The number of hydrogen-bond donors (Lipinski definition) is 0. The largest absolute Gasteiger partial charge is 0.494 e. The van der Waals surface area contributed by atoms with Gasteiger partial charge in [-0.2, -0.15) is 0 Å². The topological polar surface area (TPSA) is 55.6 Å². The summed E-state index contributed by atoms with van der Waals surface area (Å²) in [5, 5.41) is 10.8. The molecule has 19 heavy (non-hydrogen) atoms. The van der Waals surface area contributed by atoms with Crippen LogP contribution in [-0.4, -0.2) is 29.5 Å². The van der Waals surface area contributed by atoms with Gasteiger partial charge in [-0.05, 0) is 26.1 Å². The van der Waals surface area contributed by atoms with Crippen molar-refractivity contribution in [2.45, 2.75) is 27.3 Å². The van der Waals surface area contributed by atoms with Gasteiger partial charge in [-0.15, -0.1) is 12.4 Å². The maximum absolute atomic E-state index is 10.8. The fourth-order valence-electron chi connectivity index (χ4n) is 1.79. The highest BCUT2D eigenvalue weighted by Crippen LogP contribution is 2.25. The molecular weight excluding hydrogens is 268 g/mol. The summed E-state index contributed by atoms with van der Waals surface area (Å²) in [6, 6.07) is 4.76. The van der Waals surface area contributed by atoms with Gasteiger partial charge in [0.1, 0.15) is 5.75 Å².